The van der Waals surface area contributed by atoms with E-state index < -0.39 is 0 Å². The average Bonchev–Trinajstić information content (AvgIpc) is 2.63. The van der Waals surface area contributed by atoms with Gasteiger partial charge in [-0.05, 0) is 37.7 Å². The van der Waals surface area contributed by atoms with Gasteiger partial charge in [-0.1, -0.05) is 49.6 Å². The quantitative estimate of drug-likeness (QED) is 0.913. The van der Waals surface area contributed by atoms with Gasteiger partial charge < -0.3 is 10.2 Å². The summed E-state index contributed by atoms with van der Waals surface area (Å²) in [5.41, 5.74) is 1.21. The van der Waals surface area contributed by atoms with Crippen LogP contribution in [0.15, 0.2) is 30.3 Å². The van der Waals surface area contributed by atoms with E-state index in [1.54, 1.807) is 6.92 Å². The zero-order chi connectivity index (χ0) is 17.7. The molecule has 0 radical (unpaired) electrons. The van der Waals surface area contributed by atoms with Crippen molar-refractivity contribution < 1.29 is 9.59 Å². The number of amides is 2. The van der Waals surface area contributed by atoms with Crippen LogP contribution in [-0.2, 0) is 16.0 Å². The lowest BCUT2D eigenvalue weighted by Gasteiger charge is -2.40. The number of likely N-dealkylation sites (tertiary alicyclic amines) is 1. The van der Waals surface area contributed by atoms with Gasteiger partial charge in [0.05, 0.1) is 0 Å². The van der Waals surface area contributed by atoms with E-state index in [4.69, 9.17) is 0 Å². The first-order chi connectivity index (χ1) is 12.1. The molecule has 0 aromatic heterocycles. The molecule has 0 atom stereocenters. The minimum Gasteiger partial charge on any atom is -0.350 e. The topological polar surface area (TPSA) is 49.4 Å². The van der Waals surface area contributed by atoms with Crippen LogP contribution in [0.25, 0.3) is 0 Å². The Kier molecular flexibility index (Phi) is 5.77. The van der Waals surface area contributed by atoms with Crippen LogP contribution < -0.4 is 5.32 Å². The summed E-state index contributed by atoms with van der Waals surface area (Å²) in [4.78, 5) is 26.2. The summed E-state index contributed by atoms with van der Waals surface area (Å²) in [7, 11) is 0. The van der Waals surface area contributed by atoms with Crippen molar-refractivity contribution in [2.45, 2.75) is 63.8 Å². The fourth-order valence-electron chi connectivity index (χ4n) is 4.38. The van der Waals surface area contributed by atoms with Crippen molar-refractivity contribution >= 4 is 11.8 Å². The smallest absolute Gasteiger partial charge is 0.223 e. The number of hydrogen-bond acceptors (Lipinski definition) is 2. The minimum absolute atomic E-state index is 0.0465. The van der Waals surface area contributed by atoms with Crippen molar-refractivity contribution in [2.24, 2.45) is 5.92 Å². The summed E-state index contributed by atoms with van der Waals surface area (Å²) in [6.45, 7) is 3.02. The molecule has 25 heavy (non-hydrogen) atoms. The van der Waals surface area contributed by atoms with E-state index in [0.29, 0.717) is 13.1 Å². The monoisotopic (exact) mass is 342 g/mol. The first-order valence-electron chi connectivity index (χ1n) is 9.69. The van der Waals surface area contributed by atoms with Crippen molar-refractivity contribution in [3.8, 4) is 0 Å². The molecule has 2 amide bonds. The Balaban J connectivity index is 1.64. The zero-order valence-corrected chi connectivity index (χ0v) is 15.3. The highest BCUT2D eigenvalue weighted by atomic mass is 16.2. The molecule has 1 saturated heterocycles. The molecule has 4 heteroatoms. The third-order valence-corrected chi connectivity index (χ3v) is 5.90. The van der Waals surface area contributed by atoms with Gasteiger partial charge in [0, 0.05) is 31.5 Å². The highest BCUT2D eigenvalue weighted by molar-refractivity contribution is 5.80. The van der Waals surface area contributed by atoms with Crippen LogP contribution in [0.4, 0.5) is 0 Å². The summed E-state index contributed by atoms with van der Waals surface area (Å²) in [5.74, 6) is 0.359. The van der Waals surface area contributed by atoms with Crippen LogP contribution in [0, 0.1) is 5.92 Å². The van der Waals surface area contributed by atoms with Gasteiger partial charge in [0.2, 0.25) is 11.8 Å². The van der Waals surface area contributed by atoms with Crippen LogP contribution in [0.1, 0.15) is 57.4 Å². The lowest BCUT2D eigenvalue weighted by molar-refractivity contribution is -0.135. The molecule has 1 saturated carbocycles. The second-order valence-electron chi connectivity index (χ2n) is 7.77. The lowest BCUT2D eigenvalue weighted by atomic mass is 9.77. The highest BCUT2D eigenvalue weighted by Crippen LogP contribution is 2.32. The Morgan fingerprint density at radius 2 is 1.72 bits per heavy atom. The molecule has 1 heterocycles. The predicted octanol–water partition coefficient (Wildman–Crippen LogP) is 3.31. The second-order valence-corrected chi connectivity index (χ2v) is 7.77. The van der Waals surface area contributed by atoms with Gasteiger partial charge in [0.15, 0.2) is 0 Å². The molecule has 0 spiro atoms. The van der Waals surface area contributed by atoms with Crippen LogP contribution in [0.5, 0.6) is 0 Å². The molecular weight excluding hydrogens is 312 g/mol. The van der Waals surface area contributed by atoms with E-state index in [0.717, 1.165) is 32.1 Å². The maximum Gasteiger partial charge on any atom is 0.223 e. The molecule has 0 bridgehead atoms. The third-order valence-electron chi connectivity index (χ3n) is 5.90. The Hall–Kier alpha value is -1.84. The molecule has 3 rings (SSSR count). The van der Waals surface area contributed by atoms with Gasteiger partial charge in [0.1, 0.15) is 0 Å². The number of rotatable bonds is 4. The summed E-state index contributed by atoms with van der Waals surface area (Å²) in [5, 5.41) is 3.45. The largest absolute Gasteiger partial charge is 0.350 e. The molecule has 1 aliphatic carbocycles. The standard InChI is InChI=1S/C21H30N2O2/c1-17(24)23-14-10-19(11-15-23)20(25)22-21(12-6-3-7-13-21)16-18-8-4-2-5-9-18/h2,4-5,8-9,19H,3,6-7,10-16H2,1H3,(H,22,25). The Morgan fingerprint density at radius 3 is 2.32 bits per heavy atom. The van der Waals surface area contributed by atoms with E-state index in [-0.39, 0.29) is 23.3 Å². The van der Waals surface area contributed by atoms with E-state index >= 15 is 0 Å². The van der Waals surface area contributed by atoms with Gasteiger partial charge in [-0.3, -0.25) is 9.59 Å². The van der Waals surface area contributed by atoms with Crippen molar-refractivity contribution in [1.82, 2.24) is 10.2 Å². The minimum atomic E-state index is -0.0889. The molecule has 2 aliphatic rings. The fraction of sp³-hybridized carbons (Fsp3) is 0.619. The Bertz CT molecular complexity index is 585. The van der Waals surface area contributed by atoms with E-state index in [1.165, 1.54) is 24.8 Å². The van der Waals surface area contributed by atoms with Gasteiger partial charge in [-0.2, -0.15) is 0 Å². The highest BCUT2D eigenvalue weighted by Gasteiger charge is 2.36. The Morgan fingerprint density at radius 1 is 1.08 bits per heavy atom. The maximum atomic E-state index is 12.9. The summed E-state index contributed by atoms with van der Waals surface area (Å²) in [6.07, 6.45) is 8.28. The first kappa shape index (κ1) is 18.0. The van der Waals surface area contributed by atoms with Gasteiger partial charge in [-0.25, -0.2) is 0 Å². The maximum absolute atomic E-state index is 12.9. The number of piperidine rings is 1. The van der Waals surface area contributed by atoms with Crippen LogP contribution in [0.3, 0.4) is 0 Å². The average molecular weight is 342 g/mol. The van der Waals surface area contributed by atoms with E-state index in [2.05, 4.69) is 29.6 Å². The van der Waals surface area contributed by atoms with Crippen molar-refractivity contribution in [2.75, 3.05) is 13.1 Å². The Labute approximate surface area is 151 Å². The number of nitrogens with one attached hydrogen (secondary N) is 1. The van der Waals surface area contributed by atoms with Gasteiger partial charge in [0.25, 0.3) is 0 Å². The van der Waals surface area contributed by atoms with E-state index in [9.17, 15) is 9.59 Å². The second kappa shape index (κ2) is 8.03. The number of carbonyl (C=O) groups is 2. The van der Waals surface area contributed by atoms with E-state index in [1.807, 2.05) is 11.0 Å². The lowest BCUT2D eigenvalue weighted by Crippen LogP contribution is -2.54. The number of benzene rings is 1. The molecule has 136 valence electrons. The first-order valence-corrected chi connectivity index (χ1v) is 9.69. The molecule has 1 N–H and O–H groups in total. The molecular formula is C21H30N2O2. The molecule has 4 nitrogen and oxygen atoms in total. The van der Waals surface area contributed by atoms with Crippen molar-refractivity contribution in [3.05, 3.63) is 35.9 Å². The molecule has 0 unspecified atom stereocenters. The molecule has 1 aromatic carbocycles. The predicted molar refractivity (Wildman–Crippen MR) is 99.1 cm³/mol. The molecule has 1 aromatic rings. The summed E-state index contributed by atoms with van der Waals surface area (Å²) < 4.78 is 0. The third kappa shape index (κ3) is 4.62. The van der Waals surface area contributed by atoms with Crippen LogP contribution in [0.2, 0.25) is 0 Å². The zero-order valence-electron chi connectivity index (χ0n) is 15.3. The van der Waals surface area contributed by atoms with Crippen molar-refractivity contribution in [1.29, 1.82) is 0 Å². The number of nitrogens with zero attached hydrogens (tertiary/aromatic N) is 1. The van der Waals surface area contributed by atoms with Crippen molar-refractivity contribution in [3.63, 3.8) is 0 Å². The molecule has 1 aliphatic heterocycles. The number of carbonyl (C=O) groups excluding carboxylic acids is 2. The van der Waals surface area contributed by atoms with Gasteiger partial charge in [-0.15, -0.1) is 0 Å². The molecule has 2 fully saturated rings. The fourth-order valence-corrected chi connectivity index (χ4v) is 4.38. The SMILES string of the molecule is CC(=O)N1CCC(C(=O)NC2(Cc3ccccc3)CCCCC2)CC1. The summed E-state index contributed by atoms with van der Waals surface area (Å²) >= 11 is 0. The van der Waals surface area contributed by atoms with Crippen LogP contribution in [-0.4, -0.2) is 35.3 Å². The summed E-state index contributed by atoms with van der Waals surface area (Å²) in [6, 6.07) is 10.5. The van der Waals surface area contributed by atoms with Crippen LogP contribution >= 0.6 is 0 Å². The van der Waals surface area contributed by atoms with Gasteiger partial charge >= 0.3 is 0 Å². The normalized spacial score (nSPS) is 20.9. The number of hydrogen-bond donors (Lipinski definition) is 1.